The molecule has 0 aliphatic rings. The van der Waals surface area contributed by atoms with Crippen LogP contribution in [0, 0.1) is 0 Å². The quantitative estimate of drug-likeness (QED) is 0.578. The summed E-state index contributed by atoms with van der Waals surface area (Å²) in [6.45, 7) is 6.85. The van der Waals surface area contributed by atoms with Gasteiger partial charge in [0.25, 0.3) is 5.91 Å². The zero-order chi connectivity index (χ0) is 20.4. The van der Waals surface area contributed by atoms with Crippen molar-refractivity contribution >= 4 is 23.2 Å². The highest BCUT2D eigenvalue weighted by Crippen LogP contribution is 2.16. The van der Waals surface area contributed by atoms with Crippen LogP contribution in [0.15, 0.2) is 48.5 Å². The minimum absolute atomic E-state index is 0.0926. The molecule has 0 bridgehead atoms. The largest absolute Gasteiger partial charge is 0.494 e. The number of carbonyl (C=O) groups is 2. The molecule has 0 spiro atoms. The second kappa shape index (κ2) is 11.0. The molecule has 1 atom stereocenters. The number of amides is 2. The minimum Gasteiger partial charge on any atom is -0.494 e. The van der Waals surface area contributed by atoms with Crippen molar-refractivity contribution in [3.8, 4) is 5.75 Å². The maximum absolute atomic E-state index is 12.1. The van der Waals surface area contributed by atoms with Gasteiger partial charge in [0.05, 0.1) is 13.2 Å². The van der Waals surface area contributed by atoms with Gasteiger partial charge in [-0.3, -0.25) is 9.59 Å². The van der Waals surface area contributed by atoms with E-state index in [0.717, 1.165) is 24.3 Å². The van der Waals surface area contributed by atoms with Crippen molar-refractivity contribution in [1.29, 1.82) is 0 Å². The number of hydrogen-bond donors (Lipinski definition) is 3. The molecule has 6 nitrogen and oxygen atoms in total. The maximum Gasteiger partial charge on any atom is 0.251 e. The first-order valence-corrected chi connectivity index (χ1v) is 9.69. The summed E-state index contributed by atoms with van der Waals surface area (Å²) < 4.78 is 5.52. The molecule has 3 N–H and O–H groups in total. The molecule has 150 valence electrons. The van der Waals surface area contributed by atoms with Gasteiger partial charge in [-0.1, -0.05) is 13.8 Å². The molecule has 2 amide bonds. The molecule has 2 aromatic rings. The second-order valence-electron chi connectivity index (χ2n) is 6.63. The average Bonchev–Trinajstić information content (AvgIpc) is 2.72. The van der Waals surface area contributed by atoms with Gasteiger partial charge in [0.15, 0.2) is 0 Å². The lowest BCUT2D eigenvalue weighted by Crippen LogP contribution is -2.31. The summed E-state index contributed by atoms with van der Waals surface area (Å²) in [4.78, 5) is 24.2. The molecular weight excluding hydrogens is 354 g/mol. The van der Waals surface area contributed by atoms with E-state index >= 15 is 0 Å². The van der Waals surface area contributed by atoms with E-state index < -0.39 is 0 Å². The van der Waals surface area contributed by atoms with Crippen LogP contribution in [0.5, 0.6) is 5.75 Å². The van der Waals surface area contributed by atoms with Crippen molar-refractivity contribution in [3.63, 3.8) is 0 Å². The highest BCUT2D eigenvalue weighted by molar-refractivity contribution is 5.95. The summed E-state index contributed by atoms with van der Waals surface area (Å²) >= 11 is 0. The zero-order valence-electron chi connectivity index (χ0n) is 16.7. The number of nitrogens with one attached hydrogen (secondary N) is 3. The summed E-state index contributed by atoms with van der Waals surface area (Å²) in [5.74, 6) is 0.543. The standard InChI is InChI=1S/C22H29N3O3/c1-4-14-28-20-12-10-19(11-13-20)25-21(26)15-23-18-8-6-17(7-9-18)22(27)24-16(3)5-2/h6-13,16,23H,4-5,14-15H2,1-3H3,(H,24,27)(H,25,26). The molecule has 0 aliphatic carbocycles. The first-order chi connectivity index (χ1) is 13.5. The third-order valence-electron chi connectivity index (χ3n) is 4.20. The van der Waals surface area contributed by atoms with Gasteiger partial charge in [0.1, 0.15) is 5.75 Å². The Balaban J connectivity index is 1.80. The van der Waals surface area contributed by atoms with E-state index in [2.05, 4.69) is 22.9 Å². The van der Waals surface area contributed by atoms with E-state index in [1.165, 1.54) is 0 Å². The summed E-state index contributed by atoms with van der Waals surface area (Å²) in [6, 6.07) is 14.5. The van der Waals surface area contributed by atoms with Gasteiger partial charge >= 0.3 is 0 Å². The average molecular weight is 383 g/mol. The molecule has 0 aliphatic heterocycles. The van der Waals surface area contributed by atoms with Crippen molar-refractivity contribution in [2.75, 3.05) is 23.8 Å². The van der Waals surface area contributed by atoms with Gasteiger partial charge in [-0.25, -0.2) is 0 Å². The first-order valence-electron chi connectivity index (χ1n) is 9.69. The van der Waals surface area contributed by atoms with Crippen molar-refractivity contribution in [2.24, 2.45) is 0 Å². The predicted octanol–water partition coefficient (Wildman–Crippen LogP) is 4.05. The van der Waals surface area contributed by atoms with Crippen LogP contribution in [0.4, 0.5) is 11.4 Å². The number of benzene rings is 2. The molecular formula is C22H29N3O3. The van der Waals surface area contributed by atoms with Crippen molar-refractivity contribution < 1.29 is 14.3 Å². The molecule has 0 aromatic heterocycles. The van der Waals surface area contributed by atoms with Crippen LogP contribution in [-0.4, -0.2) is 31.0 Å². The minimum atomic E-state index is -0.152. The fourth-order valence-electron chi connectivity index (χ4n) is 2.39. The Labute approximate surface area is 166 Å². The number of carbonyl (C=O) groups excluding carboxylic acids is 2. The van der Waals surface area contributed by atoms with Crippen LogP contribution in [0.1, 0.15) is 44.0 Å². The van der Waals surface area contributed by atoms with Crippen LogP contribution in [0.3, 0.4) is 0 Å². The highest BCUT2D eigenvalue weighted by Gasteiger charge is 2.08. The monoisotopic (exact) mass is 383 g/mol. The fourth-order valence-corrected chi connectivity index (χ4v) is 2.39. The molecule has 28 heavy (non-hydrogen) atoms. The Morgan fingerprint density at radius 1 is 0.964 bits per heavy atom. The second-order valence-corrected chi connectivity index (χ2v) is 6.63. The van der Waals surface area contributed by atoms with Gasteiger partial charge in [-0.15, -0.1) is 0 Å². The third kappa shape index (κ3) is 6.95. The summed E-state index contributed by atoms with van der Waals surface area (Å²) in [5.41, 5.74) is 2.09. The Bertz CT molecular complexity index is 758. The van der Waals surface area contributed by atoms with Gasteiger partial charge < -0.3 is 20.7 Å². The topological polar surface area (TPSA) is 79.5 Å². The third-order valence-corrected chi connectivity index (χ3v) is 4.20. The summed E-state index contributed by atoms with van der Waals surface area (Å²) in [7, 11) is 0. The van der Waals surface area contributed by atoms with E-state index in [1.54, 1.807) is 24.3 Å². The smallest absolute Gasteiger partial charge is 0.251 e. The molecule has 0 heterocycles. The van der Waals surface area contributed by atoms with E-state index in [9.17, 15) is 9.59 Å². The number of rotatable bonds is 10. The lowest BCUT2D eigenvalue weighted by Gasteiger charge is -2.12. The number of hydrogen-bond acceptors (Lipinski definition) is 4. The summed E-state index contributed by atoms with van der Waals surface area (Å²) in [5, 5.41) is 8.81. The van der Waals surface area contributed by atoms with Crippen LogP contribution in [0.25, 0.3) is 0 Å². The van der Waals surface area contributed by atoms with E-state index in [0.29, 0.717) is 17.9 Å². The molecule has 2 aromatic carbocycles. The number of anilines is 2. The van der Waals surface area contributed by atoms with E-state index in [4.69, 9.17) is 4.74 Å². The first kappa shape index (κ1) is 21.3. The zero-order valence-corrected chi connectivity index (χ0v) is 16.7. The van der Waals surface area contributed by atoms with E-state index in [-0.39, 0.29) is 24.4 Å². The normalized spacial score (nSPS) is 11.4. The SMILES string of the molecule is CCCOc1ccc(NC(=O)CNc2ccc(C(=O)NC(C)CC)cc2)cc1. The number of ether oxygens (including phenoxy) is 1. The molecule has 0 saturated carbocycles. The molecule has 6 heteroatoms. The van der Waals surface area contributed by atoms with Crippen molar-refractivity contribution in [2.45, 2.75) is 39.7 Å². The van der Waals surface area contributed by atoms with Crippen molar-refractivity contribution in [1.82, 2.24) is 5.32 Å². The van der Waals surface area contributed by atoms with Gasteiger partial charge in [0.2, 0.25) is 5.91 Å². The van der Waals surface area contributed by atoms with Crippen LogP contribution in [0.2, 0.25) is 0 Å². The van der Waals surface area contributed by atoms with Gasteiger partial charge in [-0.2, -0.15) is 0 Å². The van der Waals surface area contributed by atoms with Crippen LogP contribution >= 0.6 is 0 Å². The van der Waals surface area contributed by atoms with Crippen molar-refractivity contribution in [3.05, 3.63) is 54.1 Å². The van der Waals surface area contributed by atoms with Crippen LogP contribution in [-0.2, 0) is 4.79 Å². The van der Waals surface area contributed by atoms with Gasteiger partial charge in [-0.05, 0) is 68.3 Å². The Kier molecular flexibility index (Phi) is 8.34. The van der Waals surface area contributed by atoms with Crippen LogP contribution < -0.4 is 20.7 Å². The molecule has 0 saturated heterocycles. The van der Waals surface area contributed by atoms with Gasteiger partial charge in [0, 0.05) is 23.0 Å². The molecule has 2 rings (SSSR count). The molecule has 0 fully saturated rings. The lowest BCUT2D eigenvalue weighted by atomic mass is 10.1. The molecule has 0 radical (unpaired) electrons. The Morgan fingerprint density at radius 3 is 2.21 bits per heavy atom. The molecule has 1 unspecified atom stereocenters. The van der Waals surface area contributed by atoms with E-state index in [1.807, 2.05) is 38.1 Å². The lowest BCUT2D eigenvalue weighted by molar-refractivity contribution is -0.114. The Morgan fingerprint density at radius 2 is 1.61 bits per heavy atom. The highest BCUT2D eigenvalue weighted by atomic mass is 16.5. The summed E-state index contributed by atoms with van der Waals surface area (Å²) in [6.07, 6.45) is 1.84. The maximum atomic E-state index is 12.1. The predicted molar refractivity (Wildman–Crippen MR) is 113 cm³/mol. The fraction of sp³-hybridized carbons (Fsp3) is 0.364. The Hall–Kier alpha value is -3.02.